The van der Waals surface area contributed by atoms with E-state index < -0.39 is 0 Å². The van der Waals surface area contributed by atoms with E-state index >= 15 is 0 Å². The molecule has 3 N–H and O–H groups in total. The van der Waals surface area contributed by atoms with Crippen LogP contribution in [-0.2, 0) is 0 Å². The van der Waals surface area contributed by atoms with Crippen molar-refractivity contribution in [3.05, 3.63) is 66.0 Å². The Morgan fingerprint density at radius 3 is 2.91 bits per heavy atom. The molecule has 34 heavy (non-hydrogen) atoms. The van der Waals surface area contributed by atoms with Crippen LogP contribution < -0.4 is 10.1 Å². The molecule has 0 radical (unpaired) electrons. The molecule has 8 nitrogen and oxygen atoms in total. The number of hydrogen-bond acceptors (Lipinski definition) is 5. The van der Waals surface area contributed by atoms with E-state index in [1.54, 1.807) is 12.4 Å². The van der Waals surface area contributed by atoms with Crippen LogP contribution in [0.4, 0.5) is 0 Å². The maximum Gasteiger partial charge on any atom is 0.278 e. The van der Waals surface area contributed by atoms with Crippen LogP contribution in [0.3, 0.4) is 0 Å². The predicted octanol–water partition coefficient (Wildman–Crippen LogP) is 4.09. The topological polar surface area (TPSA) is 108 Å². The molecular weight excluding hydrogens is 428 g/mol. The SMILES string of the molecule is O=C1N=Cc2c(-c3c[nH]c4ncccc34)ccc(-c3nc4cc(O[C@H]5CCNC5)ccc4[nH]3)c21. The van der Waals surface area contributed by atoms with Gasteiger partial charge in [0.15, 0.2) is 0 Å². The number of ether oxygens (including phenoxy) is 1. The van der Waals surface area contributed by atoms with Gasteiger partial charge in [0.25, 0.3) is 5.91 Å². The van der Waals surface area contributed by atoms with Crippen LogP contribution in [0, 0.1) is 0 Å². The summed E-state index contributed by atoms with van der Waals surface area (Å²) in [5, 5.41) is 4.31. The number of benzene rings is 2. The van der Waals surface area contributed by atoms with Crippen LogP contribution >= 0.6 is 0 Å². The molecule has 1 amide bonds. The number of aromatic amines is 2. The molecule has 1 saturated heterocycles. The third kappa shape index (κ3) is 2.96. The molecular formula is C26H20N6O2. The summed E-state index contributed by atoms with van der Waals surface area (Å²) in [5.74, 6) is 1.17. The van der Waals surface area contributed by atoms with E-state index in [-0.39, 0.29) is 12.0 Å². The van der Waals surface area contributed by atoms with Gasteiger partial charge in [-0.05, 0) is 48.9 Å². The van der Waals surface area contributed by atoms with Crippen LogP contribution in [0.15, 0.2) is 59.9 Å². The van der Waals surface area contributed by atoms with Gasteiger partial charge in [-0.15, -0.1) is 0 Å². The molecule has 0 aliphatic carbocycles. The number of pyridine rings is 1. The third-order valence-corrected chi connectivity index (χ3v) is 6.54. The van der Waals surface area contributed by atoms with Crippen LogP contribution in [0.2, 0.25) is 0 Å². The summed E-state index contributed by atoms with van der Waals surface area (Å²) < 4.78 is 6.08. The fraction of sp³-hybridized carbons (Fsp3) is 0.154. The first-order valence-corrected chi connectivity index (χ1v) is 11.3. The molecule has 8 heteroatoms. The van der Waals surface area contributed by atoms with Crippen molar-refractivity contribution in [3.63, 3.8) is 0 Å². The van der Waals surface area contributed by atoms with Crippen molar-refractivity contribution in [3.8, 4) is 28.3 Å². The highest BCUT2D eigenvalue weighted by molar-refractivity contribution is 6.20. The van der Waals surface area contributed by atoms with E-state index in [1.165, 1.54) is 0 Å². The number of hydrogen-bond donors (Lipinski definition) is 3. The van der Waals surface area contributed by atoms with Crippen molar-refractivity contribution >= 4 is 34.2 Å². The standard InChI is InChI=1S/C26H20N6O2/c33-26-23-18(25-31-21-6-3-14(10-22(21)32-25)34-15-7-9-27-11-15)5-4-16(20(23)13-30-26)19-12-29-24-17(19)2-1-8-28-24/h1-6,8,10,12-13,15,27H,7,9,11H2,(H,28,29)(H,31,32)/t15-/m0/s1. The highest BCUT2D eigenvalue weighted by atomic mass is 16.5. The minimum absolute atomic E-state index is 0.182. The molecule has 0 spiro atoms. The molecule has 166 valence electrons. The minimum atomic E-state index is -0.261. The molecule has 0 saturated carbocycles. The number of carbonyl (C=O) groups excluding carboxylic acids is 1. The first-order valence-electron chi connectivity index (χ1n) is 11.3. The summed E-state index contributed by atoms with van der Waals surface area (Å²) in [6.45, 7) is 1.84. The molecule has 1 atom stereocenters. The zero-order chi connectivity index (χ0) is 22.6. The van der Waals surface area contributed by atoms with Gasteiger partial charge in [0.05, 0.1) is 16.6 Å². The first kappa shape index (κ1) is 19.2. The average molecular weight is 448 g/mol. The second kappa shape index (κ2) is 7.36. The van der Waals surface area contributed by atoms with Gasteiger partial charge >= 0.3 is 0 Å². The second-order valence-electron chi connectivity index (χ2n) is 8.61. The molecule has 3 aromatic heterocycles. The predicted molar refractivity (Wildman–Crippen MR) is 130 cm³/mol. The van der Waals surface area contributed by atoms with Gasteiger partial charge in [-0.25, -0.2) is 15.0 Å². The summed E-state index contributed by atoms with van der Waals surface area (Å²) in [6.07, 6.45) is 6.50. The Labute approximate surface area is 194 Å². The maximum atomic E-state index is 12.8. The monoisotopic (exact) mass is 448 g/mol. The number of carbonyl (C=O) groups is 1. The van der Waals surface area contributed by atoms with Gasteiger partial charge in [-0.3, -0.25) is 4.79 Å². The lowest BCUT2D eigenvalue weighted by molar-refractivity contribution is 0.101. The van der Waals surface area contributed by atoms with Crippen LogP contribution in [0.5, 0.6) is 5.75 Å². The maximum absolute atomic E-state index is 12.8. The van der Waals surface area contributed by atoms with Crippen molar-refractivity contribution < 1.29 is 9.53 Å². The summed E-state index contributed by atoms with van der Waals surface area (Å²) in [6, 6.07) is 13.7. The fourth-order valence-corrected chi connectivity index (χ4v) is 4.89. The summed E-state index contributed by atoms with van der Waals surface area (Å²) >= 11 is 0. The quantitative estimate of drug-likeness (QED) is 0.384. The number of rotatable bonds is 4. The Kier molecular flexibility index (Phi) is 4.16. The Bertz CT molecular complexity index is 1620. The van der Waals surface area contributed by atoms with Gasteiger partial charge in [0.2, 0.25) is 0 Å². The Balaban J connectivity index is 1.32. The third-order valence-electron chi connectivity index (χ3n) is 6.54. The molecule has 5 aromatic rings. The number of nitrogens with one attached hydrogen (secondary N) is 3. The molecule has 0 unspecified atom stereocenters. The zero-order valence-electron chi connectivity index (χ0n) is 18.1. The van der Waals surface area contributed by atoms with Crippen LogP contribution in [0.25, 0.3) is 44.6 Å². The number of aliphatic imine (C=N–C) groups is 1. The smallest absolute Gasteiger partial charge is 0.278 e. The summed E-state index contributed by atoms with van der Waals surface area (Å²) in [4.78, 5) is 32.7. The van der Waals surface area contributed by atoms with Crippen molar-refractivity contribution in [2.75, 3.05) is 13.1 Å². The average Bonchev–Trinajstić information content (AvgIpc) is 3.65. The highest BCUT2D eigenvalue weighted by Crippen LogP contribution is 2.37. The van der Waals surface area contributed by atoms with Crippen LogP contribution in [-0.4, -0.2) is 51.3 Å². The van der Waals surface area contributed by atoms with Gasteiger partial charge in [0.1, 0.15) is 23.3 Å². The Morgan fingerprint density at radius 2 is 2.00 bits per heavy atom. The lowest BCUT2D eigenvalue weighted by Crippen LogP contribution is -2.19. The number of amides is 1. The molecule has 2 aliphatic rings. The van der Waals surface area contributed by atoms with Crippen molar-refractivity contribution in [2.24, 2.45) is 4.99 Å². The van der Waals surface area contributed by atoms with E-state index in [2.05, 4.69) is 25.3 Å². The van der Waals surface area contributed by atoms with Gasteiger partial charge in [-0.1, -0.05) is 6.07 Å². The highest BCUT2D eigenvalue weighted by Gasteiger charge is 2.26. The molecule has 5 heterocycles. The normalized spacial score (nSPS) is 17.2. The molecule has 0 bridgehead atoms. The van der Waals surface area contributed by atoms with Crippen LogP contribution in [0.1, 0.15) is 22.3 Å². The summed E-state index contributed by atoms with van der Waals surface area (Å²) in [7, 11) is 0. The largest absolute Gasteiger partial charge is 0.489 e. The fourth-order valence-electron chi connectivity index (χ4n) is 4.89. The van der Waals surface area contributed by atoms with Gasteiger partial charge in [-0.2, -0.15) is 0 Å². The van der Waals surface area contributed by atoms with Gasteiger partial charge < -0.3 is 20.0 Å². The van der Waals surface area contributed by atoms with E-state index in [4.69, 9.17) is 9.72 Å². The number of aromatic nitrogens is 4. The van der Waals surface area contributed by atoms with E-state index in [0.717, 1.165) is 69.6 Å². The number of imidazole rings is 1. The minimum Gasteiger partial charge on any atom is -0.489 e. The number of H-pyrrole nitrogens is 2. The number of fused-ring (bicyclic) bond motifs is 3. The van der Waals surface area contributed by atoms with E-state index in [0.29, 0.717) is 11.4 Å². The number of nitrogens with zero attached hydrogens (tertiary/aromatic N) is 3. The lowest BCUT2D eigenvalue weighted by atomic mass is 9.93. The van der Waals surface area contributed by atoms with Gasteiger partial charge in [0, 0.05) is 53.3 Å². The van der Waals surface area contributed by atoms with Crippen molar-refractivity contribution in [2.45, 2.75) is 12.5 Å². The van der Waals surface area contributed by atoms with Crippen molar-refractivity contribution in [1.29, 1.82) is 0 Å². The lowest BCUT2D eigenvalue weighted by Gasteiger charge is -2.11. The van der Waals surface area contributed by atoms with E-state index in [1.807, 2.05) is 48.7 Å². The zero-order valence-corrected chi connectivity index (χ0v) is 18.1. The second-order valence-corrected chi connectivity index (χ2v) is 8.61. The molecule has 2 aliphatic heterocycles. The Morgan fingerprint density at radius 1 is 1.06 bits per heavy atom. The first-order chi connectivity index (χ1) is 16.7. The molecule has 1 fully saturated rings. The molecule has 7 rings (SSSR count). The Hall–Kier alpha value is -4.30. The molecule has 2 aromatic carbocycles. The van der Waals surface area contributed by atoms with Crippen molar-refractivity contribution in [1.82, 2.24) is 25.3 Å². The van der Waals surface area contributed by atoms with E-state index in [9.17, 15) is 4.79 Å². The summed E-state index contributed by atoms with van der Waals surface area (Å²) in [5.41, 5.74) is 6.50.